The Labute approximate surface area is 164 Å². The first-order valence-electron chi connectivity index (χ1n) is 11.0. The number of aromatic nitrogens is 2. The number of aliphatic hydroxyl groups excluding tert-OH is 1. The quantitative estimate of drug-likeness (QED) is 0.854. The van der Waals surface area contributed by atoms with E-state index >= 15 is 0 Å². The zero-order chi connectivity index (χ0) is 18.8. The van der Waals surface area contributed by atoms with Gasteiger partial charge in [0.15, 0.2) is 0 Å². The van der Waals surface area contributed by atoms with Crippen LogP contribution in [0.2, 0.25) is 0 Å². The van der Waals surface area contributed by atoms with Crippen LogP contribution in [0.15, 0.2) is 6.07 Å². The number of hydrogen-bond acceptors (Lipinski definition) is 5. The van der Waals surface area contributed by atoms with Gasteiger partial charge in [0.05, 0.1) is 11.4 Å². The summed E-state index contributed by atoms with van der Waals surface area (Å²) >= 11 is 0. The molecule has 1 N–H and O–H groups in total. The van der Waals surface area contributed by atoms with Crippen molar-refractivity contribution in [2.45, 2.75) is 76.2 Å². The topological polar surface area (TPSA) is 47.8 Å². The summed E-state index contributed by atoms with van der Waals surface area (Å²) in [5, 5.41) is 15.1. The fourth-order valence-corrected chi connectivity index (χ4v) is 5.31. The number of piperidine rings is 1. The third kappa shape index (κ3) is 4.56. The first kappa shape index (κ1) is 19.4. The number of fused-ring (bicyclic) bond motifs is 1. The smallest absolute Gasteiger partial charge is 0.110 e. The predicted molar refractivity (Wildman–Crippen MR) is 108 cm³/mol. The second kappa shape index (κ2) is 8.60. The minimum absolute atomic E-state index is 0.498. The third-order valence-electron chi connectivity index (χ3n) is 6.80. The van der Waals surface area contributed by atoms with Crippen molar-refractivity contribution in [2.75, 3.05) is 40.3 Å². The Kier molecular flexibility index (Phi) is 6.17. The Bertz CT molecular complexity index is 602. The van der Waals surface area contributed by atoms with Crippen LogP contribution in [0.25, 0.3) is 0 Å². The van der Waals surface area contributed by atoms with E-state index in [0.717, 1.165) is 31.2 Å². The van der Waals surface area contributed by atoms with E-state index in [1.807, 2.05) is 19.0 Å². The molecule has 0 spiro atoms. The number of rotatable bonds is 5. The van der Waals surface area contributed by atoms with E-state index in [4.69, 9.17) is 5.10 Å². The predicted octanol–water partition coefficient (Wildman–Crippen LogP) is 2.09. The molecular formula is C21H37N5O. The monoisotopic (exact) mass is 375 g/mol. The lowest BCUT2D eigenvalue weighted by atomic mass is 10.0. The molecule has 1 aromatic rings. The van der Waals surface area contributed by atoms with Crippen molar-refractivity contribution in [1.29, 1.82) is 0 Å². The van der Waals surface area contributed by atoms with Gasteiger partial charge in [0, 0.05) is 38.3 Å². The fraction of sp³-hybridized carbons (Fsp3) is 0.857. The summed E-state index contributed by atoms with van der Waals surface area (Å²) < 4.78 is 2.14. The average Bonchev–Trinajstić information content (AvgIpc) is 3.28. The van der Waals surface area contributed by atoms with Gasteiger partial charge in [-0.25, -0.2) is 0 Å². The van der Waals surface area contributed by atoms with Gasteiger partial charge in [0.25, 0.3) is 0 Å². The van der Waals surface area contributed by atoms with E-state index in [9.17, 15) is 5.11 Å². The van der Waals surface area contributed by atoms with Crippen molar-refractivity contribution in [3.63, 3.8) is 0 Å². The van der Waals surface area contributed by atoms with Crippen LogP contribution in [0.5, 0.6) is 0 Å². The van der Waals surface area contributed by atoms with Gasteiger partial charge in [-0.1, -0.05) is 12.8 Å². The summed E-state index contributed by atoms with van der Waals surface area (Å²) in [5.41, 5.74) is 2.11. The van der Waals surface area contributed by atoms with Gasteiger partial charge in [0.2, 0.25) is 0 Å². The maximum atomic E-state index is 10.4. The molecule has 1 aliphatic carbocycles. The first-order chi connectivity index (χ1) is 13.1. The highest BCUT2D eigenvalue weighted by Gasteiger charge is 2.31. The summed E-state index contributed by atoms with van der Waals surface area (Å²) in [6, 6.07) is 3.72. The molecule has 2 aliphatic heterocycles. The number of likely N-dealkylation sites (N-methyl/N-ethyl adjacent to an activating group) is 1. The lowest BCUT2D eigenvalue weighted by molar-refractivity contribution is 0.0810. The highest BCUT2D eigenvalue weighted by atomic mass is 16.3. The van der Waals surface area contributed by atoms with Crippen molar-refractivity contribution in [1.82, 2.24) is 24.5 Å². The van der Waals surface area contributed by atoms with Gasteiger partial charge < -0.3 is 14.9 Å². The molecule has 0 radical (unpaired) electrons. The van der Waals surface area contributed by atoms with Crippen molar-refractivity contribution in [3.05, 3.63) is 17.5 Å². The highest BCUT2D eigenvalue weighted by molar-refractivity contribution is 5.14. The van der Waals surface area contributed by atoms with Gasteiger partial charge in [-0.15, -0.1) is 0 Å². The Hall–Kier alpha value is -0.950. The molecule has 3 heterocycles. The number of aliphatic hydroxyl groups is 1. The number of likely N-dealkylation sites (tertiary alicyclic amines) is 1. The standard InChI is InChI=1S/C21H37N5O/c1-23(2)16-21(27)20-14-19-15-25(10-5-11-26(19)22-20)18-8-12-24(13-9-18)17-6-3-4-7-17/h14,17-18,21,27H,3-13,15-16H2,1-2H3/t21-/m1/s1. The van der Waals surface area contributed by atoms with E-state index in [0.29, 0.717) is 12.6 Å². The number of hydrogen-bond donors (Lipinski definition) is 1. The molecule has 4 rings (SSSR count). The van der Waals surface area contributed by atoms with Crippen molar-refractivity contribution in [2.24, 2.45) is 0 Å². The molecule has 1 saturated carbocycles. The van der Waals surface area contributed by atoms with Gasteiger partial charge in [-0.05, 0) is 65.4 Å². The SMILES string of the molecule is CN(C)C[C@@H](O)c1cc2n(n1)CCCN(C1CCN(C3CCCC3)CC1)C2. The largest absolute Gasteiger partial charge is 0.385 e. The van der Waals surface area contributed by atoms with Crippen LogP contribution >= 0.6 is 0 Å². The molecule has 6 nitrogen and oxygen atoms in total. The summed E-state index contributed by atoms with van der Waals surface area (Å²) in [5.74, 6) is 0. The van der Waals surface area contributed by atoms with E-state index in [1.165, 1.54) is 63.9 Å². The van der Waals surface area contributed by atoms with Crippen LogP contribution in [-0.2, 0) is 13.1 Å². The highest BCUT2D eigenvalue weighted by Crippen LogP contribution is 2.29. The Morgan fingerprint density at radius 2 is 1.70 bits per heavy atom. The summed E-state index contributed by atoms with van der Waals surface area (Å²) in [7, 11) is 3.98. The lowest BCUT2D eigenvalue weighted by Gasteiger charge is -2.40. The van der Waals surface area contributed by atoms with Crippen LogP contribution in [-0.4, -0.2) is 81.9 Å². The second-order valence-electron chi connectivity index (χ2n) is 9.09. The second-order valence-corrected chi connectivity index (χ2v) is 9.09. The molecule has 1 saturated heterocycles. The molecule has 6 heteroatoms. The maximum absolute atomic E-state index is 10.4. The summed E-state index contributed by atoms with van der Waals surface area (Å²) in [4.78, 5) is 7.47. The molecule has 27 heavy (non-hydrogen) atoms. The van der Waals surface area contributed by atoms with Gasteiger partial charge >= 0.3 is 0 Å². The van der Waals surface area contributed by atoms with E-state index < -0.39 is 6.10 Å². The van der Waals surface area contributed by atoms with E-state index in [2.05, 4.69) is 20.5 Å². The molecule has 0 aromatic carbocycles. The number of aryl methyl sites for hydroxylation is 1. The molecule has 2 fully saturated rings. The zero-order valence-corrected chi connectivity index (χ0v) is 17.2. The van der Waals surface area contributed by atoms with Gasteiger partial charge in [-0.2, -0.15) is 5.10 Å². The normalized spacial score (nSPS) is 25.0. The van der Waals surface area contributed by atoms with E-state index in [-0.39, 0.29) is 0 Å². The van der Waals surface area contributed by atoms with Crippen molar-refractivity contribution >= 4 is 0 Å². The van der Waals surface area contributed by atoms with Crippen LogP contribution < -0.4 is 0 Å². The molecule has 3 aliphatic rings. The van der Waals surface area contributed by atoms with Gasteiger partial charge in [0.1, 0.15) is 6.10 Å². The maximum Gasteiger partial charge on any atom is 0.110 e. The van der Waals surface area contributed by atoms with Crippen molar-refractivity contribution in [3.8, 4) is 0 Å². The molecule has 1 atom stereocenters. The molecule has 0 amide bonds. The number of nitrogens with zero attached hydrogens (tertiary/aromatic N) is 5. The molecule has 0 unspecified atom stereocenters. The fourth-order valence-electron chi connectivity index (χ4n) is 5.31. The van der Waals surface area contributed by atoms with Crippen LogP contribution in [0, 0.1) is 0 Å². The van der Waals surface area contributed by atoms with E-state index in [1.54, 1.807) is 0 Å². The molecule has 1 aromatic heterocycles. The minimum atomic E-state index is -0.498. The Morgan fingerprint density at radius 1 is 1.00 bits per heavy atom. The molecular weight excluding hydrogens is 338 g/mol. The van der Waals surface area contributed by atoms with Crippen molar-refractivity contribution < 1.29 is 5.11 Å². The Morgan fingerprint density at radius 3 is 2.41 bits per heavy atom. The zero-order valence-electron chi connectivity index (χ0n) is 17.2. The average molecular weight is 376 g/mol. The minimum Gasteiger partial charge on any atom is -0.385 e. The van der Waals surface area contributed by atoms with Crippen LogP contribution in [0.4, 0.5) is 0 Å². The summed E-state index contributed by atoms with van der Waals surface area (Å²) in [6.07, 6.45) is 8.98. The summed E-state index contributed by atoms with van der Waals surface area (Å²) in [6.45, 7) is 6.31. The first-order valence-corrected chi connectivity index (χ1v) is 11.0. The molecule has 0 bridgehead atoms. The van der Waals surface area contributed by atoms with Crippen LogP contribution in [0.3, 0.4) is 0 Å². The van der Waals surface area contributed by atoms with Crippen LogP contribution in [0.1, 0.15) is 62.4 Å². The lowest BCUT2D eigenvalue weighted by Crippen LogP contribution is -2.47. The Balaban J connectivity index is 1.36. The van der Waals surface area contributed by atoms with Gasteiger partial charge in [-0.3, -0.25) is 9.58 Å². The molecule has 152 valence electrons. The third-order valence-corrected chi connectivity index (χ3v) is 6.80.